The molecule has 0 aliphatic carbocycles. The van der Waals surface area contributed by atoms with Crippen LogP contribution in [0.2, 0.25) is 0 Å². The number of halogens is 1. The van der Waals surface area contributed by atoms with Crippen LogP contribution in [0.5, 0.6) is 0 Å². The molecule has 3 rings (SSSR count). The van der Waals surface area contributed by atoms with Crippen molar-refractivity contribution in [3.8, 4) is 0 Å². The van der Waals surface area contributed by atoms with Crippen molar-refractivity contribution >= 4 is 18.3 Å². The van der Waals surface area contributed by atoms with Crippen molar-refractivity contribution in [3.05, 3.63) is 58.9 Å². The van der Waals surface area contributed by atoms with Crippen molar-refractivity contribution in [2.75, 3.05) is 19.6 Å². The Labute approximate surface area is 162 Å². The summed E-state index contributed by atoms with van der Waals surface area (Å²) in [4.78, 5) is 12.7. The van der Waals surface area contributed by atoms with E-state index >= 15 is 0 Å². The molecule has 1 aliphatic rings. The molecule has 5 heteroatoms. The van der Waals surface area contributed by atoms with E-state index in [9.17, 15) is 4.79 Å². The van der Waals surface area contributed by atoms with Crippen LogP contribution in [-0.4, -0.2) is 30.1 Å². The molecule has 0 saturated carbocycles. The molecule has 1 aliphatic heterocycles. The van der Waals surface area contributed by atoms with Gasteiger partial charge < -0.3 is 15.2 Å². The van der Waals surface area contributed by atoms with Crippen LogP contribution in [0.4, 0.5) is 0 Å². The van der Waals surface area contributed by atoms with E-state index in [0.29, 0.717) is 0 Å². The molecule has 0 radical (unpaired) electrons. The molecule has 0 spiro atoms. The third-order valence-corrected chi connectivity index (χ3v) is 5.49. The first-order chi connectivity index (χ1) is 12.0. The Morgan fingerprint density at radius 1 is 1.19 bits per heavy atom. The fraction of sp³-hybridized carbons (Fsp3) is 0.476. The number of nitrogens with zero attached hydrogens (tertiary/aromatic N) is 1. The number of aryl methyl sites for hydroxylation is 1. The quantitative estimate of drug-likeness (QED) is 0.837. The molecule has 1 fully saturated rings. The Kier molecular flexibility index (Phi) is 6.90. The minimum absolute atomic E-state index is 0. The summed E-state index contributed by atoms with van der Waals surface area (Å²) in [5, 5.41) is 6.56. The largest absolute Gasteiger partial charge is 0.351 e. The number of piperidine rings is 1. The minimum Gasteiger partial charge on any atom is -0.351 e. The molecule has 26 heavy (non-hydrogen) atoms. The number of hydrogen-bond donors (Lipinski definition) is 2. The molecule has 4 nitrogen and oxygen atoms in total. The van der Waals surface area contributed by atoms with Gasteiger partial charge in [0.25, 0.3) is 5.91 Å². The van der Waals surface area contributed by atoms with E-state index in [1.165, 1.54) is 5.56 Å². The summed E-state index contributed by atoms with van der Waals surface area (Å²) in [6.45, 7) is 10.0. The fourth-order valence-corrected chi connectivity index (χ4v) is 3.64. The van der Waals surface area contributed by atoms with E-state index in [-0.39, 0.29) is 23.7 Å². The zero-order valence-electron chi connectivity index (χ0n) is 16.0. The zero-order valence-corrected chi connectivity index (χ0v) is 16.8. The molecule has 2 N–H and O–H groups in total. The average molecular weight is 376 g/mol. The number of carbonyl (C=O) groups excluding carboxylic acids is 1. The van der Waals surface area contributed by atoms with Gasteiger partial charge in [-0.3, -0.25) is 4.79 Å². The van der Waals surface area contributed by atoms with Crippen LogP contribution in [0.15, 0.2) is 36.4 Å². The van der Waals surface area contributed by atoms with E-state index in [1.807, 2.05) is 19.1 Å². The summed E-state index contributed by atoms with van der Waals surface area (Å²) in [7, 11) is 0. The maximum Gasteiger partial charge on any atom is 0.253 e. The number of rotatable bonds is 5. The predicted octanol–water partition coefficient (Wildman–Crippen LogP) is 3.69. The topological polar surface area (TPSA) is 46.1 Å². The molecule has 1 aromatic heterocycles. The number of amides is 1. The van der Waals surface area contributed by atoms with Gasteiger partial charge in [0, 0.05) is 24.5 Å². The van der Waals surface area contributed by atoms with Gasteiger partial charge in [-0.2, -0.15) is 0 Å². The van der Waals surface area contributed by atoms with Crippen LogP contribution in [0.3, 0.4) is 0 Å². The molecule has 2 heterocycles. The molecular weight excluding hydrogens is 346 g/mol. The molecule has 0 atom stereocenters. The molecule has 1 saturated heterocycles. The van der Waals surface area contributed by atoms with Crippen molar-refractivity contribution in [1.29, 1.82) is 0 Å². The van der Waals surface area contributed by atoms with Crippen molar-refractivity contribution in [3.63, 3.8) is 0 Å². The second kappa shape index (κ2) is 8.74. The van der Waals surface area contributed by atoms with Gasteiger partial charge in [0.05, 0.1) is 5.56 Å². The van der Waals surface area contributed by atoms with E-state index in [1.54, 1.807) is 0 Å². The molecule has 0 bridgehead atoms. The highest BCUT2D eigenvalue weighted by atomic mass is 35.5. The molecule has 2 aromatic rings. The zero-order chi connectivity index (χ0) is 17.9. The van der Waals surface area contributed by atoms with Gasteiger partial charge in [0.1, 0.15) is 0 Å². The predicted molar refractivity (Wildman–Crippen MR) is 109 cm³/mol. The van der Waals surface area contributed by atoms with Crippen LogP contribution in [-0.2, 0) is 6.54 Å². The van der Waals surface area contributed by atoms with E-state index < -0.39 is 0 Å². The third-order valence-electron chi connectivity index (χ3n) is 5.49. The standard InChI is InChI=1S/C21H29N3O.ClH/c1-16-13-19(17(2)24(16)14-18-7-5-4-6-8-18)20(25)23-15-21(3)9-11-22-12-10-21;/h4-8,13,22H,9-12,14-15H2,1-3H3,(H,23,25);1H. The van der Waals surface area contributed by atoms with Crippen molar-refractivity contribution in [1.82, 2.24) is 15.2 Å². The number of hydrogen-bond acceptors (Lipinski definition) is 2. The minimum atomic E-state index is 0. The Balaban J connectivity index is 0.00000243. The Hall–Kier alpha value is -1.78. The summed E-state index contributed by atoms with van der Waals surface area (Å²) in [5.74, 6) is 0.0483. The second-order valence-electron chi connectivity index (χ2n) is 7.60. The van der Waals surface area contributed by atoms with Gasteiger partial charge in [-0.15, -0.1) is 12.4 Å². The third kappa shape index (κ3) is 4.68. The smallest absolute Gasteiger partial charge is 0.253 e. The van der Waals surface area contributed by atoms with Crippen LogP contribution < -0.4 is 10.6 Å². The lowest BCUT2D eigenvalue weighted by Gasteiger charge is -2.34. The maximum absolute atomic E-state index is 12.7. The van der Waals surface area contributed by atoms with Crippen molar-refractivity contribution in [2.24, 2.45) is 5.41 Å². The summed E-state index contributed by atoms with van der Waals surface area (Å²) in [5.41, 5.74) is 4.41. The molecule has 0 unspecified atom stereocenters. The van der Waals surface area contributed by atoms with E-state index in [4.69, 9.17) is 0 Å². The number of carbonyl (C=O) groups is 1. The van der Waals surface area contributed by atoms with Gasteiger partial charge in [0.2, 0.25) is 0 Å². The summed E-state index contributed by atoms with van der Waals surface area (Å²) in [6, 6.07) is 12.4. The highest BCUT2D eigenvalue weighted by molar-refractivity contribution is 5.95. The van der Waals surface area contributed by atoms with Crippen molar-refractivity contribution < 1.29 is 4.79 Å². The van der Waals surface area contributed by atoms with E-state index in [2.05, 4.69) is 53.3 Å². The van der Waals surface area contributed by atoms with Gasteiger partial charge in [-0.25, -0.2) is 0 Å². The summed E-state index contributed by atoms with van der Waals surface area (Å²) >= 11 is 0. The average Bonchev–Trinajstić information content (AvgIpc) is 2.90. The number of nitrogens with one attached hydrogen (secondary N) is 2. The normalized spacial score (nSPS) is 16.0. The van der Waals surface area contributed by atoms with Crippen LogP contribution >= 0.6 is 12.4 Å². The molecular formula is C21H30ClN3O. The van der Waals surface area contributed by atoms with Crippen LogP contribution in [0.25, 0.3) is 0 Å². The fourth-order valence-electron chi connectivity index (χ4n) is 3.64. The van der Waals surface area contributed by atoms with Gasteiger partial charge >= 0.3 is 0 Å². The first kappa shape index (κ1) is 20.5. The van der Waals surface area contributed by atoms with Crippen LogP contribution in [0, 0.1) is 19.3 Å². The van der Waals surface area contributed by atoms with E-state index in [0.717, 1.165) is 56.0 Å². The van der Waals surface area contributed by atoms with Gasteiger partial charge in [-0.05, 0) is 56.8 Å². The van der Waals surface area contributed by atoms with Gasteiger partial charge in [0.15, 0.2) is 0 Å². The highest BCUT2D eigenvalue weighted by Crippen LogP contribution is 2.27. The number of benzene rings is 1. The first-order valence-electron chi connectivity index (χ1n) is 9.18. The Morgan fingerprint density at radius 2 is 1.85 bits per heavy atom. The molecule has 1 aromatic carbocycles. The lowest BCUT2D eigenvalue weighted by atomic mass is 9.81. The SMILES string of the molecule is Cc1cc(C(=O)NCC2(C)CCNCC2)c(C)n1Cc1ccccc1.Cl. The number of aromatic nitrogens is 1. The first-order valence-corrected chi connectivity index (χ1v) is 9.18. The Bertz CT molecular complexity index is 733. The maximum atomic E-state index is 12.7. The monoisotopic (exact) mass is 375 g/mol. The second-order valence-corrected chi connectivity index (χ2v) is 7.60. The molecule has 142 valence electrons. The lowest BCUT2D eigenvalue weighted by molar-refractivity contribution is 0.0921. The van der Waals surface area contributed by atoms with Crippen molar-refractivity contribution in [2.45, 2.75) is 40.2 Å². The summed E-state index contributed by atoms with van der Waals surface area (Å²) in [6.07, 6.45) is 2.22. The summed E-state index contributed by atoms with van der Waals surface area (Å²) < 4.78 is 2.22. The highest BCUT2D eigenvalue weighted by Gasteiger charge is 2.27. The lowest BCUT2D eigenvalue weighted by Crippen LogP contribution is -2.43. The Morgan fingerprint density at radius 3 is 2.50 bits per heavy atom. The van der Waals surface area contributed by atoms with Crippen LogP contribution in [0.1, 0.15) is 47.1 Å². The van der Waals surface area contributed by atoms with Gasteiger partial charge in [-0.1, -0.05) is 37.3 Å². The molecule has 1 amide bonds.